The van der Waals surface area contributed by atoms with Crippen LogP contribution in [0.25, 0.3) is 0 Å². The molecule has 0 aromatic carbocycles. The van der Waals surface area contributed by atoms with Crippen molar-refractivity contribution in [3.05, 3.63) is 0 Å². The number of carbonyl (C=O) groups excluding carboxylic acids is 1. The first-order chi connectivity index (χ1) is 4.46. The summed E-state index contributed by atoms with van der Waals surface area (Å²) >= 11 is 0. The van der Waals surface area contributed by atoms with E-state index < -0.39 is 18.1 Å². The first-order valence-electron chi connectivity index (χ1n) is 3.12. The molecule has 60 valence electrons. The van der Waals surface area contributed by atoms with Gasteiger partial charge in [-0.2, -0.15) is 0 Å². The van der Waals surface area contributed by atoms with Crippen molar-refractivity contribution in [1.82, 2.24) is 0 Å². The third kappa shape index (κ3) is 2.33. The fourth-order valence-electron chi connectivity index (χ4n) is 0.533. The van der Waals surface area contributed by atoms with Crippen LogP contribution in [0.15, 0.2) is 0 Å². The van der Waals surface area contributed by atoms with E-state index in [0.29, 0.717) is 0 Å². The summed E-state index contributed by atoms with van der Waals surface area (Å²) < 4.78 is 0. The average Bonchev–Trinajstić information content (AvgIpc) is 1.84. The molecule has 2 atom stereocenters. The number of rotatable bonds is 3. The number of hydrogen-bond donors (Lipinski definition) is 3. The van der Waals surface area contributed by atoms with Crippen LogP contribution < -0.4 is 5.73 Å². The van der Waals surface area contributed by atoms with Gasteiger partial charge in [0.2, 0.25) is 5.91 Å². The quantitative estimate of drug-likeness (QED) is 0.471. The Hall–Kier alpha value is -0.610. The van der Waals surface area contributed by atoms with E-state index in [-0.39, 0.29) is 5.92 Å². The van der Waals surface area contributed by atoms with E-state index in [2.05, 4.69) is 0 Å². The molecule has 10 heavy (non-hydrogen) atoms. The molecule has 0 aromatic rings. The molecule has 0 aliphatic heterocycles. The molecule has 4 N–H and O–H groups in total. The molecule has 0 fully saturated rings. The monoisotopic (exact) mass is 147 g/mol. The van der Waals surface area contributed by atoms with Crippen molar-refractivity contribution in [2.75, 3.05) is 0 Å². The van der Waals surface area contributed by atoms with Crippen LogP contribution in [0.1, 0.15) is 13.8 Å². The molecule has 0 heterocycles. The lowest BCUT2D eigenvalue weighted by atomic mass is 10.0. The van der Waals surface area contributed by atoms with Crippen LogP contribution in [-0.2, 0) is 4.79 Å². The molecule has 0 spiro atoms. The molecule has 0 rings (SSSR count). The van der Waals surface area contributed by atoms with Crippen LogP contribution in [-0.4, -0.2) is 28.3 Å². The van der Waals surface area contributed by atoms with Gasteiger partial charge in [-0.3, -0.25) is 4.79 Å². The highest BCUT2D eigenvalue weighted by Gasteiger charge is 2.23. The van der Waals surface area contributed by atoms with Crippen molar-refractivity contribution in [1.29, 1.82) is 0 Å². The molecular weight excluding hydrogens is 134 g/mol. The standard InChI is InChI=1S/C6H13NO3/c1-3(2)4(8)5(9)6(7)10/h3-5,8-9H,1-2H3,(H2,7,10)/t4-,5+/m0/s1. The first kappa shape index (κ1) is 9.39. The van der Waals surface area contributed by atoms with E-state index in [4.69, 9.17) is 15.9 Å². The zero-order valence-corrected chi connectivity index (χ0v) is 6.11. The second-order valence-electron chi connectivity index (χ2n) is 2.58. The molecule has 0 saturated carbocycles. The zero-order valence-electron chi connectivity index (χ0n) is 6.11. The molecule has 0 radical (unpaired) electrons. The van der Waals surface area contributed by atoms with E-state index in [1.54, 1.807) is 13.8 Å². The summed E-state index contributed by atoms with van der Waals surface area (Å²) in [6, 6.07) is 0. The predicted octanol–water partition coefficient (Wildman–Crippen LogP) is -1.15. The Kier molecular flexibility index (Phi) is 3.32. The Labute approximate surface area is 59.7 Å². The lowest BCUT2D eigenvalue weighted by Gasteiger charge is -2.17. The van der Waals surface area contributed by atoms with Gasteiger partial charge in [-0.1, -0.05) is 13.8 Å². The highest BCUT2D eigenvalue weighted by molar-refractivity contribution is 5.79. The topological polar surface area (TPSA) is 83.6 Å². The molecule has 0 bridgehead atoms. The average molecular weight is 147 g/mol. The van der Waals surface area contributed by atoms with Gasteiger partial charge in [0.25, 0.3) is 0 Å². The second-order valence-corrected chi connectivity index (χ2v) is 2.58. The summed E-state index contributed by atoms with van der Waals surface area (Å²) in [5, 5.41) is 17.9. The third-order valence-electron chi connectivity index (χ3n) is 1.30. The molecule has 0 aliphatic carbocycles. The van der Waals surface area contributed by atoms with Crippen molar-refractivity contribution in [3.8, 4) is 0 Å². The maximum Gasteiger partial charge on any atom is 0.248 e. The van der Waals surface area contributed by atoms with Crippen molar-refractivity contribution in [2.24, 2.45) is 11.7 Å². The number of primary amides is 1. The van der Waals surface area contributed by atoms with E-state index >= 15 is 0 Å². The van der Waals surface area contributed by atoms with Crippen molar-refractivity contribution in [2.45, 2.75) is 26.1 Å². The lowest BCUT2D eigenvalue weighted by molar-refractivity contribution is -0.133. The number of hydrogen-bond acceptors (Lipinski definition) is 3. The SMILES string of the molecule is CC(C)[C@H](O)[C@@H](O)C(N)=O. The van der Waals surface area contributed by atoms with Crippen LogP contribution in [0, 0.1) is 5.92 Å². The number of amides is 1. The van der Waals surface area contributed by atoms with Crippen molar-refractivity contribution in [3.63, 3.8) is 0 Å². The number of aliphatic hydroxyl groups excluding tert-OH is 2. The van der Waals surface area contributed by atoms with Gasteiger partial charge in [0.15, 0.2) is 6.10 Å². The fourth-order valence-corrected chi connectivity index (χ4v) is 0.533. The molecule has 0 saturated heterocycles. The Bertz CT molecular complexity index is 124. The van der Waals surface area contributed by atoms with Crippen molar-refractivity contribution < 1.29 is 15.0 Å². The van der Waals surface area contributed by atoms with E-state index in [0.717, 1.165) is 0 Å². The summed E-state index contributed by atoms with van der Waals surface area (Å²) in [4.78, 5) is 10.3. The largest absolute Gasteiger partial charge is 0.390 e. The summed E-state index contributed by atoms with van der Waals surface area (Å²) in [5.41, 5.74) is 4.73. The third-order valence-corrected chi connectivity index (χ3v) is 1.30. The number of carbonyl (C=O) groups is 1. The fraction of sp³-hybridized carbons (Fsp3) is 0.833. The smallest absolute Gasteiger partial charge is 0.248 e. The molecule has 1 amide bonds. The van der Waals surface area contributed by atoms with Gasteiger partial charge in [0.05, 0.1) is 6.10 Å². The molecular formula is C6H13NO3. The van der Waals surface area contributed by atoms with Crippen molar-refractivity contribution >= 4 is 5.91 Å². The molecule has 4 nitrogen and oxygen atoms in total. The maximum absolute atomic E-state index is 10.3. The summed E-state index contributed by atoms with van der Waals surface area (Å²) in [6.45, 7) is 3.38. The van der Waals surface area contributed by atoms with Gasteiger partial charge in [0.1, 0.15) is 0 Å². The van der Waals surface area contributed by atoms with Gasteiger partial charge in [-0.25, -0.2) is 0 Å². The second kappa shape index (κ2) is 3.53. The number of aliphatic hydroxyl groups is 2. The van der Waals surface area contributed by atoms with Gasteiger partial charge in [0, 0.05) is 0 Å². The highest BCUT2D eigenvalue weighted by atomic mass is 16.3. The van der Waals surface area contributed by atoms with Crippen LogP contribution in [0.2, 0.25) is 0 Å². The molecule has 0 aromatic heterocycles. The summed E-state index contributed by atoms with van der Waals surface area (Å²) in [7, 11) is 0. The molecule has 4 heteroatoms. The van der Waals surface area contributed by atoms with Gasteiger partial charge < -0.3 is 15.9 Å². The predicted molar refractivity (Wildman–Crippen MR) is 36.0 cm³/mol. The molecule has 0 aliphatic rings. The Morgan fingerprint density at radius 1 is 1.40 bits per heavy atom. The lowest BCUT2D eigenvalue weighted by Crippen LogP contribution is -2.41. The van der Waals surface area contributed by atoms with E-state index in [9.17, 15) is 4.79 Å². The Morgan fingerprint density at radius 2 is 1.80 bits per heavy atom. The minimum Gasteiger partial charge on any atom is -0.390 e. The van der Waals surface area contributed by atoms with Gasteiger partial charge in [-0.05, 0) is 5.92 Å². The highest BCUT2D eigenvalue weighted by Crippen LogP contribution is 2.04. The summed E-state index contributed by atoms with van der Waals surface area (Å²) in [6.07, 6.45) is -2.50. The zero-order chi connectivity index (χ0) is 8.31. The van der Waals surface area contributed by atoms with E-state index in [1.165, 1.54) is 0 Å². The maximum atomic E-state index is 10.3. The minimum atomic E-state index is -1.44. The number of nitrogens with two attached hydrogens (primary N) is 1. The summed E-state index contributed by atoms with van der Waals surface area (Å²) in [5.74, 6) is -1.05. The first-order valence-corrected chi connectivity index (χ1v) is 3.12. The van der Waals surface area contributed by atoms with Gasteiger partial charge >= 0.3 is 0 Å². The Morgan fingerprint density at radius 3 is 1.90 bits per heavy atom. The van der Waals surface area contributed by atoms with Crippen LogP contribution >= 0.6 is 0 Å². The van der Waals surface area contributed by atoms with E-state index in [1.807, 2.05) is 0 Å². The Balaban J connectivity index is 3.94. The molecule has 0 unspecified atom stereocenters. The normalized spacial score (nSPS) is 16.9. The van der Waals surface area contributed by atoms with Gasteiger partial charge in [-0.15, -0.1) is 0 Å². The van der Waals surface area contributed by atoms with Crippen LogP contribution in [0.5, 0.6) is 0 Å². The minimum absolute atomic E-state index is 0.164. The van der Waals surface area contributed by atoms with Crippen LogP contribution in [0.3, 0.4) is 0 Å². The van der Waals surface area contributed by atoms with Crippen LogP contribution in [0.4, 0.5) is 0 Å².